The van der Waals surface area contributed by atoms with E-state index in [-0.39, 0.29) is 17.2 Å². The smallest absolute Gasteiger partial charge is 0.323 e. The second-order valence-corrected chi connectivity index (χ2v) is 10.5. The van der Waals surface area contributed by atoms with Gasteiger partial charge in [0.05, 0.1) is 30.6 Å². The van der Waals surface area contributed by atoms with Crippen LogP contribution in [-0.2, 0) is 11.8 Å². The maximum atomic E-state index is 14.6. The van der Waals surface area contributed by atoms with Crippen LogP contribution in [0, 0.1) is 5.82 Å². The van der Waals surface area contributed by atoms with E-state index in [0.29, 0.717) is 48.8 Å². The van der Waals surface area contributed by atoms with Crippen LogP contribution < -0.4 is 15.5 Å². The molecule has 0 spiro atoms. The van der Waals surface area contributed by atoms with Gasteiger partial charge in [0.1, 0.15) is 11.3 Å². The summed E-state index contributed by atoms with van der Waals surface area (Å²) in [6.07, 6.45) is 5.51. The predicted molar refractivity (Wildman–Crippen MR) is 165 cm³/mol. The summed E-state index contributed by atoms with van der Waals surface area (Å²) in [4.78, 5) is 42.7. The van der Waals surface area contributed by atoms with Crippen LogP contribution in [0.5, 0.6) is 0 Å². The zero-order valence-corrected chi connectivity index (χ0v) is 24.4. The largest absolute Gasteiger partial charge is 0.378 e. The number of aryl methyl sites for hydroxylation is 1. The van der Waals surface area contributed by atoms with E-state index in [1.807, 2.05) is 19.3 Å². The number of morpholine rings is 1. The van der Waals surface area contributed by atoms with Gasteiger partial charge < -0.3 is 25.2 Å². The molecule has 0 aliphatic carbocycles. The number of aromatic nitrogens is 5. The lowest BCUT2D eigenvalue weighted by atomic mass is 10.1. The second kappa shape index (κ2) is 12.1. The number of nitrogens with zero attached hydrogens (tertiary/aromatic N) is 7. The van der Waals surface area contributed by atoms with Crippen LogP contribution in [0.25, 0.3) is 33.5 Å². The molecule has 0 radical (unpaired) electrons. The number of rotatable bonds is 6. The highest BCUT2D eigenvalue weighted by Crippen LogP contribution is 2.30. The molecular weight excluding hydrogens is 565 g/mol. The Bertz CT molecular complexity index is 1850. The van der Waals surface area contributed by atoms with Crippen molar-refractivity contribution in [3.05, 3.63) is 78.5 Å². The first-order chi connectivity index (χ1) is 21.2. The zero-order chi connectivity index (χ0) is 30.8. The van der Waals surface area contributed by atoms with Crippen LogP contribution >= 0.6 is 0 Å². The molecule has 1 fully saturated rings. The maximum absolute atomic E-state index is 14.6. The summed E-state index contributed by atoms with van der Waals surface area (Å²) < 4.78 is 21.9. The van der Waals surface area contributed by atoms with Gasteiger partial charge in [0.15, 0.2) is 11.6 Å². The Morgan fingerprint density at radius 1 is 0.932 bits per heavy atom. The van der Waals surface area contributed by atoms with E-state index in [2.05, 4.69) is 20.6 Å². The van der Waals surface area contributed by atoms with Crippen molar-refractivity contribution in [1.29, 1.82) is 0 Å². The minimum atomic E-state index is -0.714. The lowest BCUT2D eigenvalue weighted by Crippen LogP contribution is -2.37. The number of hydrogen-bond donors (Lipinski definition) is 2. The quantitative estimate of drug-likeness (QED) is 0.295. The molecule has 1 aliphatic rings. The molecule has 0 atom stereocenters. The SMILES string of the molecule is CN(C)C(=O)c1ccc(NC(=O)Nc2ccc(-c3nc(N4CCOCC4)c4ncc(-c5cnn(C)c5)cc4n3)cc2)c(F)c1. The van der Waals surface area contributed by atoms with E-state index in [4.69, 9.17) is 19.7 Å². The van der Waals surface area contributed by atoms with Crippen molar-refractivity contribution >= 4 is 40.2 Å². The van der Waals surface area contributed by atoms with E-state index >= 15 is 0 Å². The van der Waals surface area contributed by atoms with Crippen molar-refractivity contribution < 1.29 is 18.7 Å². The second-order valence-electron chi connectivity index (χ2n) is 10.5. The van der Waals surface area contributed by atoms with Crippen molar-refractivity contribution in [2.45, 2.75) is 0 Å². The van der Waals surface area contributed by atoms with Gasteiger partial charge in [0.2, 0.25) is 0 Å². The van der Waals surface area contributed by atoms with E-state index in [0.717, 1.165) is 28.6 Å². The molecule has 13 heteroatoms. The van der Waals surface area contributed by atoms with Gasteiger partial charge in [-0.1, -0.05) is 0 Å². The summed E-state index contributed by atoms with van der Waals surface area (Å²) >= 11 is 0. The molecule has 0 bridgehead atoms. The van der Waals surface area contributed by atoms with Crippen LogP contribution in [0.4, 0.5) is 26.4 Å². The van der Waals surface area contributed by atoms with E-state index in [1.165, 1.54) is 17.0 Å². The molecule has 44 heavy (non-hydrogen) atoms. The van der Waals surface area contributed by atoms with Gasteiger partial charge in [-0.05, 0) is 48.5 Å². The molecule has 2 aromatic carbocycles. The van der Waals surface area contributed by atoms with Crippen LogP contribution in [0.3, 0.4) is 0 Å². The summed E-state index contributed by atoms with van der Waals surface area (Å²) in [7, 11) is 5.02. The maximum Gasteiger partial charge on any atom is 0.323 e. The number of pyridine rings is 1. The highest BCUT2D eigenvalue weighted by molar-refractivity contribution is 6.01. The van der Waals surface area contributed by atoms with Gasteiger partial charge in [0, 0.05) is 74.6 Å². The monoisotopic (exact) mass is 595 g/mol. The third-order valence-corrected chi connectivity index (χ3v) is 7.14. The predicted octanol–water partition coefficient (Wildman–Crippen LogP) is 4.41. The average Bonchev–Trinajstić information content (AvgIpc) is 3.47. The van der Waals surface area contributed by atoms with Crippen molar-refractivity contribution in [1.82, 2.24) is 29.6 Å². The third-order valence-electron chi connectivity index (χ3n) is 7.14. The van der Waals surface area contributed by atoms with Gasteiger partial charge in [-0.3, -0.25) is 14.5 Å². The Morgan fingerprint density at radius 2 is 1.70 bits per heavy atom. The van der Waals surface area contributed by atoms with E-state index < -0.39 is 11.8 Å². The molecule has 3 aromatic heterocycles. The van der Waals surface area contributed by atoms with Crippen LogP contribution in [0.15, 0.2) is 67.1 Å². The number of carbonyl (C=O) groups is 2. The number of hydrogen-bond acceptors (Lipinski definition) is 8. The van der Waals surface area contributed by atoms with Crippen molar-refractivity contribution in [2.75, 3.05) is 55.9 Å². The molecule has 1 aliphatic heterocycles. The number of fused-ring (bicyclic) bond motifs is 1. The Hall–Kier alpha value is -5.43. The molecule has 4 heterocycles. The first-order valence-electron chi connectivity index (χ1n) is 13.9. The van der Waals surface area contributed by atoms with Crippen LogP contribution in [-0.4, -0.2) is 82.0 Å². The first-order valence-corrected chi connectivity index (χ1v) is 13.9. The minimum Gasteiger partial charge on any atom is -0.378 e. The number of urea groups is 1. The Labute approximate surface area is 252 Å². The van der Waals surface area contributed by atoms with Gasteiger partial charge in [-0.2, -0.15) is 5.10 Å². The number of ether oxygens (including phenoxy) is 1. The van der Waals surface area contributed by atoms with Crippen molar-refractivity contribution in [3.8, 4) is 22.5 Å². The molecule has 0 saturated carbocycles. The summed E-state index contributed by atoms with van der Waals surface area (Å²) in [5.74, 6) is 0.189. The molecule has 1 saturated heterocycles. The van der Waals surface area contributed by atoms with E-state index in [9.17, 15) is 14.0 Å². The third kappa shape index (κ3) is 6.03. The Kier molecular flexibility index (Phi) is 7.85. The molecule has 0 unspecified atom stereocenters. The molecule has 6 rings (SSSR count). The number of halogens is 1. The topological polar surface area (TPSA) is 130 Å². The normalized spacial score (nSPS) is 13.1. The molecular formula is C31H30FN9O3. The standard InChI is InChI=1S/C31H30FN9O3/c1-39(2)30(42)20-6-9-25(24(32)14-20)37-31(43)35-23-7-4-19(5-8-23)28-36-26-15-21(22-17-34-40(3)18-22)16-33-27(26)29(38-28)41-10-12-44-13-11-41/h4-9,14-18H,10-13H2,1-3H3,(H2,35,37,43). The van der Waals surface area contributed by atoms with E-state index in [1.54, 1.807) is 55.4 Å². The highest BCUT2D eigenvalue weighted by Gasteiger charge is 2.20. The molecule has 2 N–H and O–H groups in total. The van der Waals surface area contributed by atoms with Crippen LogP contribution in [0.2, 0.25) is 0 Å². The van der Waals surface area contributed by atoms with Gasteiger partial charge >= 0.3 is 6.03 Å². The van der Waals surface area contributed by atoms with Gasteiger partial charge in [0.25, 0.3) is 5.91 Å². The highest BCUT2D eigenvalue weighted by atomic mass is 19.1. The Morgan fingerprint density at radius 3 is 2.39 bits per heavy atom. The molecule has 3 amide bonds. The van der Waals surface area contributed by atoms with Crippen molar-refractivity contribution in [3.63, 3.8) is 0 Å². The van der Waals surface area contributed by atoms with Gasteiger partial charge in [-0.25, -0.2) is 19.2 Å². The fourth-order valence-electron chi connectivity index (χ4n) is 4.85. The fourth-order valence-corrected chi connectivity index (χ4v) is 4.85. The van der Waals surface area contributed by atoms with Gasteiger partial charge in [-0.15, -0.1) is 0 Å². The number of benzene rings is 2. The molecule has 224 valence electrons. The summed E-state index contributed by atoms with van der Waals surface area (Å²) in [5.41, 5.74) is 4.59. The molecule has 12 nitrogen and oxygen atoms in total. The lowest BCUT2D eigenvalue weighted by Gasteiger charge is -2.28. The first kappa shape index (κ1) is 28.7. The fraction of sp³-hybridized carbons (Fsp3) is 0.226. The minimum absolute atomic E-state index is 0.0473. The summed E-state index contributed by atoms with van der Waals surface area (Å²) in [5, 5.41) is 9.45. The molecule has 5 aromatic rings. The van der Waals surface area contributed by atoms with Crippen molar-refractivity contribution in [2.24, 2.45) is 7.05 Å². The number of carbonyl (C=O) groups excluding carboxylic acids is 2. The summed E-state index contributed by atoms with van der Waals surface area (Å²) in [6, 6.07) is 12.3. The number of amides is 3. The average molecular weight is 596 g/mol. The summed E-state index contributed by atoms with van der Waals surface area (Å²) in [6.45, 7) is 2.56. The zero-order valence-electron chi connectivity index (χ0n) is 24.4. The number of anilines is 3. The lowest BCUT2D eigenvalue weighted by molar-refractivity contribution is 0.0827. The Balaban J connectivity index is 1.24. The van der Waals surface area contributed by atoms with Crippen LogP contribution in [0.1, 0.15) is 10.4 Å². The number of nitrogens with one attached hydrogen (secondary N) is 2.